The number of ether oxygens (including phenoxy) is 1. The van der Waals surface area contributed by atoms with E-state index in [1.165, 1.54) is 11.2 Å². The first kappa shape index (κ1) is 13.6. The Morgan fingerprint density at radius 2 is 2.05 bits per heavy atom. The van der Waals surface area contributed by atoms with Crippen LogP contribution in [0.15, 0.2) is 11.1 Å². The molecule has 5 nitrogen and oxygen atoms in total. The van der Waals surface area contributed by atoms with Crippen molar-refractivity contribution in [3.05, 3.63) is 21.6 Å². The largest absolute Gasteiger partial charge is 0.378 e. The van der Waals surface area contributed by atoms with E-state index in [9.17, 15) is 4.79 Å². The molecule has 1 aliphatic heterocycles. The number of anilines is 1. The van der Waals surface area contributed by atoms with E-state index in [0.717, 1.165) is 29.0 Å². The maximum Gasteiger partial charge on any atom is 0.261 e. The van der Waals surface area contributed by atoms with Gasteiger partial charge in [-0.1, -0.05) is 20.8 Å². The van der Waals surface area contributed by atoms with Crippen LogP contribution in [0.25, 0.3) is 10.2 Å². The van der Waals surface area contributed by atoms with Gasteiger partial charge < -0.3 is 14.6 Å². The Morgan fingerprint density at radius 1 is 1.35 bits per heavy atom. The number of nitrogens with zero attached hydrogens (tertiary/aromatic N) is 2. The summed E-state index contributed by atoms with van der Waals surface area (Å²) in [5.74, 6) is 0. The Balaban J connectivity index is 2.27. The van der Waals surface area contributed by atoms with E-state index in [4.69, 9.17) is 4.74 Å². The van der Waals surface area contributed by atoms with Crippen LogP contribution in [0.1, 0.15) is 25.6 Å². The van der Waals surface area contributed by atoms with Gasteiger partial charge in [0.2, 0.25) is 0 Å². The van der Waals surface area contributed by atoms with Crippen LogP contribution in [-0.2, 0) is 10.2 Å². The van der Waals surface area contributed by atoms with Gasteiger partial charge in [-0.15, -0.1) is 11.3 Å². The molecule has 1 N–H and O–H groups in total. The number of hydrogen-bond acceptors (Lipinski definition) is 5. The second-order valence-corrected chi connectivity index (χ2v) is 7.04. The summed E-state index contributed by atoms with van der Waals surface area (Å²) < 4.78 is 5.43. The summed E-state index contributed by atoms with van der Waals surface area (Å²) in [6, 6.07) is 0. The van der Waals surface area contributed by atoms with Crippen molar-refractivity contribution in [3.8, 4) is 0 Å². The topological polar surface area (TPSA) is 58.2 Å². The molecule has 3 heterocycles. The fourth-order valence-corrected chi connectivity index (χ4v) is 3.75. The fourth-order valence-electron chi connectivity index (χ4n) is 2.53. The van der Waals surface area contributed by atoms with Crippen molar-refractivity contribution in [1.29, 1.82) is 0 Å². The first-order chi connectivity index (χ1) is 9.48. The van der Waals surface area contributed by atoms with Gasteiger partial charge in [0.1, 0.15) is 10.2 Å². The van der Waals surface area contributed by atoms with Gasteiger partial charge in [0.05, 0.1) is 25.2 Å². The summed E-state index contributed by atoms with van der Waals surface area (Å²) in [7, 11) is 0. The minimum Gasteiger partial charge on any atom is -0.378 e. The van der Waals surface area contributed by atoms with Crippen LogP contribution in [0.2, 0.25) is 0 Å². The monoisotopic (exact) mass is 293 g/mol. The zero-order valence-corrected chi connectivity index (χ0v) is 12.8. The van der Waals surface area contributed by atoms with Crippen molar-refractivity contribution in [3.63, 3.8) is 0 Å². The lowest BCUT2D eigenvalue weighted by Crippen LogP contribution is -2.37. The molecule has 0 unspecified atom stereocenters. The quantitative estimate of drug-likeness (QED) is 0.875. The molecule has 0 aliphatic carbocycles. The molecule has 0 atom stereocenters. The van der Waals surface area contributed by atoms with Gasteiger partial charge in [0.25, 0.3) is 5.56 Å². The van der Waals surface area contributed by atoms with E-state index in [-0.39, 0.29) is 11.0 Å². The average molecular weight is 293 g/mol. The van der Waals surface area contributed by atoms with Crippen LogP contribution < -0.4 is 10.5 Å². The van der Waals surface area contributed by atoms with Crippen molar-refractivity contribution in [1.82, 2.24) is 9.97 Å². The molecule has 6 heteroatoms. The fraction of sp³-hybridized carbons (Fsp3) is 0.571. The summed E-state index contributed by atoms with van der Waals surface area (Å²) in [6.45, 7) is 9.59. The van der Waals surface area contributed by atoms with Crippen LogP contribution in [0.3, 0.4) is 0 Å². The standard InChI is InChI=1S/C14H19N3O2S/c1-14(2,3)11-10(17-4-6-19-7-5-17)9-12(18)15-8-16-13(9)20-11/h8H,4-7H2,1-3H3,(H,15,16,18). The number of thiophene rings is 1. The summed E-state index contributed by atoms with van der Waals surface area (Å²) in [4.78, 5) is 23.6. The summed E-state index contributed by atoms with van der Waals surface area (Å²) >= 11 is 1.63. The minimum atomic E-state index is -0.0526. The molecular formula is C14H19N3O2S. The van der Waals surface area contributed by atoms with Crippen molar-refractivity contribution in [2.24, 2.45) is 0 Å². The Hall–Kier alpha value is -1.40. The van der Waals surface area contributed by atoms with Gasteiger partial charge in [-0.25, -0.2) is 4.98 Å². The molecule has 2 aromatic heterocycles. The van der Waals surface area contributed by atoms with Gasteiger partial charge >= 0.3 is 0 Å². The van der Waals surface area contributed by atoms with Crippen LogP contribution >= 0.6 is 11.3 Å². The van der Waals surface area contributed by atoms with E-state index in [0.29, 0.717) is 13.2 Å². The molecule has 2 aromatic rings. The maximum absolute atomic E-state index is 12.2. The predicted octanol–water partition coefficient (Wildman–Crippen LogP) is 2.12. The van der Waals surface area contributed by atoms with E-state index < -0.39 is 0 Å². The molecule has 0 spiro atoms. The van der Waals surface area contributed by atoms with Crippen molar-refractivity contribution in [2.75, 3.05) is 31.2 Å². The molecule has 1 aliphatic rings. The lowest BCUT2D eigenvalue weighted by molar-refractivity contribution is 0.122. The zero-order chi connectivity index (χ0) is 14.3. The molecule has 0 radical (unpaired) electrons. The third-order valence-electron chi connectivity index (χ3n) is 3.48. The number of hydrogen-bond donors (Lipinski definition) is 1. The van der Waals surface area contributed by atoms with E-state index >= 15 is 0 Å². The Bertz CT molecular complexity index is 678. The van der Waals surface area contributed by atoms with Crippen LogP contribution in [0.4, 0.5) is 5.69 Å². The number of morpholine rings is 1. The Labute approximate surface area is 121 Å². The highest BCUT2D eigenvalue weighted by Gasteiger charge is 2.29. The molecule has 0 amide bonds. The number of fused-ring (bicyclic) bond motifs is 1. The molecule has 108 valence electrons. The third kappa shape index (κ3) is 2.23. The zero-order valence-electron chi connectivity index (χ0n) is 12.0. The number of aromatic nitrogens is 2. The first-order valence-corrected chi connectivity index (χ1v) is 7.63. The number of nitrogens with one attached hydrogen (secondary N) is 1. The predicted molar refractivity (Wildman–Crippen MR) is 82.0 cm³/mol. The number of H-pyrrole nitrogens is 1. The average Bonchev–Trinajstić information content (AvgIpc) is 2.80. The van der Waals surface area contributed by atoms with Gasteiger partial charge in [-0.2, -0.15) is 0 Å². The Morgan fingerprint density at radius 3 is 2.70 bits per heavy atom. The SMILES string of the molecule is CC(C)(C)c1sc2nc[nH]c(=O)c2c1N1CCOCC1. The molecule has 0 saturated carbocycles. The van der Waals surface area contributed by atoms with Gasteiger partial charge in [-0.3, -0.25) is 4.79 Å². The minimum absolute atomic E-state index is 0.00849. The summed E-state index contributed by atoms with van der Waals surface area (Å²) in [6.07, 6.45) is 1.48. The molecule has 1 fully saturated rings. The van der Waals surface area contributed by atoms with Crippen LogP contribution in [-0.4, -0.2) is 36.3 Å². The van der Waals surface area contributed by atoms with Crippen LogP contribution in [0.5, 0.6) is 0 Å². The molecule has 0 bridgehead atoms. The second-order valence-electron chi connectivity index (χ2n) is 6.04. The maximum atomic E-state index is 12.2. The molecule has 1 saturated heterocycles. The summed E-state index contributed by atoms with van der Waals surface area (Å²) in [5.41, 5.74) is 0.990. The second kappa shape index (κ2) is 4.86. The van der Waals surface area contributed by atoms with Crippen LogP contribution in [0, 0.1) is 0 Å². The highest BCUT2D eigenvalue weighted by molar-refractivity contribution is 7.19. The van der Waals surface area contributed by atoms with E-state index in [2.05, 4.69) is 35.6 Å². The van der Waals surface area contributed by atoms with Crippen molar-refractivity contribution >= 4 is 27.2 Å². The number of aromatic amines is 1. The Kier molecular flexibility index (Phi) is 3.30. The lowest BCUT2D eigenvalue weighted by atomic mass is 9.92. The molecule has 20 heavy (non-hydrogen) atoms. The smallest absolute Gasteiger partial charge is 0.261 e. The van der Waals surface area contributed by atoms with Gasteiger partial charge in [0, 0.05) is 18.0 Å². The van der Waals surface area contributed by atoms with Gasteiger partial charge in [0.15, 0.2) is 0 Å². The highest BCUT2D eigenvalue weighted by atomic mass is 32.1. The molecular weight excluding hydrogens is 274 g/mol. The molecule has 3 rings (SSSR count). The lowest BCUT2D eigenvalue weighted by Gasteiger charge is -2.31. The summed E-state index contributed by atoms with van der Waals surface area (Å²) in [5, 5.41) is 0.726. The highest BCUT2D eigenvalue weighted by Crippen LogP contribution is 2.42. The van der Waals surface area contributed by atoms with Crippen molar-refractivity contribution < 1.29 is 4.74 Å². The van der Waals surface area contributed by atoms with E-state index in [1.807, 2.05) is 0 Å². The first-order valence-electron chi connectivity index (χ1n) is 6.82. The normalized spacial score (nSPS) is 16.9. The van der Waals surface area contributed by atoms with Crippen molar-refractivity contribution in [2.45, 2.75) is 26.2 Å². The van der Waals surface area contributed by atoms with Gasteiger partial charge in [-0.05, 0) is 5.41 Å². The third-order valence-corrected chi connectivity index (χ3v) is 4.99. The van der Waals surface area contributed by atoms with E-state index in [1.54, 1.807) is 11.3 Å². The number of rotatable bonds is 1. The molecule has 0 aromatic carbocycles.